The highest BCUT2D eigenvalue weighted by atomic mass is 32.2. The van der Waals surface area contributed by atoms with E-state index in [1.165, 1.54) is 24.3 Å². The highest BCUT2D eigenvalue weighted by molar-refractivity contribution is 7.92. The van der Waals surface area contributed by atoms with E-state index in [-0.39, 0.29) is 21.9 Å². The number of hydrogen-bond acceptors (Lipinski definition) is 4. The van der Waals surface area contributed by atoms with Crippen LogP contribution in [0.2, 0.25) is 0 Å². The number of rotatable bonds is 5. The fourth-order valence-corrected chi connectivity index (χ4v) is 7.17. The first-order valence-corrected chi connectivity index (χ1v) is 12.7. The van der Waals surface area contributed by atoms with Crippen molar-refractivity contribution >= 4 is 25.7 Å². The molecule has 0 radical (unpaired) electrons. The maximum atomic E-state index is 13.1. The van der Waals surface area contributed by atoms with Gasteiger partial charge in [0.2, 0.25) is 10.0 Å². The molecular formula is C21H28N2O4S2. The smallest absolute Gasteiger partial charge is 0.262 e. The zero-order chi connectivity index (χ0) is 21.4. The van der Waals surface area contributed by atoms with Gasteiger partial charge in [-0.2, -0.15) is 4.31 Å². The number of anilines is 1. The van der Waals surface area contributed by atoms with Crippen molar-refractivity contribution in [3.05, 3.63) is 53.6 Å². The molecule has 1 N–H and O–H groups in total. The summed E-state index contributed by atoms with van der Waals surface area (Å²) in [6.07, 6.45) is 2.71. The van der Waals surface area contributed by atoms with Crippen molar-refractivity contribution in [1.82, 2.24) is 4.31 Å². The Morgan fingerprint density at radius 3 is 2.03 bits per heavy atom. The third kappa shape index (κ3) is 4.49. The Hall–Kier alpha value is -1.90. The quantitative estimate of drug-likeness (QED) is 0.766. The minimum atomic E-state index is -3.76. The Morgan fingerprint density at radius 2 is 1.48 bits per heavy atom. The first-order chi connectivity index (χ1) is 13.5. The van der Waals surface area contributed by atoms with E-state index >= 15 is 0 Å². The molecule has 1 saturated heterocycles. The van der Waals surface area contributed by atoms with Gasteiger partial charge in [-0.3, -0.25) is 4.72 Å². The standard InChI is InChI=1S/C21H28N2O4S2/c1-15-8-13-21(16(2)14-15)28(24,25)22-19-9-11-20(12-10-19)29(26,27)23-17(3)6-5-7-18(23)4/h8-14,17-18,22H,5-7H2,1-4H3. The van der Waals surface area contributed by atoms with Gasteiger partial charge in [0.1, 0.15) is 0 Å². The van der Waals surface area contributed by atoms with Crippen molar-refractivity contribution in [3.63, 3.8) is 0 Å². The largest absolute Gasteiger partial charge is 0.280 e. The van der Waals surface area contributed by atoms with Gasteiger partial charge in [-0.25, -0.2) is 16.8 Å². The first kappa shape index (κ1) is 21.8. The van der Waals surface area contributed by atoms with E-state index in [1.54, 1.807) is 23.4 Å². The molecule has 1 fully saturated rings. The van der Waals surface area contributed by atoms with E-state index < -0.39 is 20.0 Å². The molecule has 0 aliphatic carbocycles. The molecule has 29 heavy (non-hydrogen) atoms. The Kier molecular flexibility index (Phi) is 6.08. The van der Waals surface area contributed by atoms with Crippen LogP contribution in [0.25, 0.3) is 0 Å². The van der Waals surface area contributed by atoms with Crippen molar-refractivity contribution in [1.29, 1.82) is 0 Å². The Bertz CT molecular complexity index is 1080. The third-order valence-corrected chi connectivity index (χ3v) is 9.10. The number of nitrogens with one attached hydrogen (secondary N) is 1. The highest BCUT2D eigenvalue weighted by Crippen LogP contribution is 2.30. The summed E-state index contributed by atoms with van der Waals surface area (Å²) < 4.78 is 55.7. The average molecular weight is 437 g/mol. The molecule has 0 bridgehead atoms. The Morgan fingerprint density at radius 1 is 0.897 bits per heavy atom. The van der Waals surface area contributed by atoms with E-state index in [0.29, 0.717) is 11.3 Å². The van der Waals surface area contributed by atoms with Gasteiger partial charge in [0.15, 0.2) is 0 Å². The summed E-state index contributed by atoms with van der Waals surface area (Å²) in [6, 6.07) is 10.9. The molecule has 8 heteroatoms. The summed E-state index contributed by atoms with van der Waals surface area (Å²) in [5.41, 5.74) is 1.96. The molecule has 1 heterocycles. The van der Waals surface area contributed by atoms with Crippen LogP contribution in [-0.2, 0) is 20.0 Å². The predicted molar refractivity (Wildman–Crippen MR) is 115 cm³/mol. The summed E-state index contributed by atoms with van der Waals surface area (Å²) in [7, 11) is -7.39. The van der Waals surface area contributed by atoms with Crippen LogP contribution in [0.15, 0.2) is 52.3 Å². The van der Waals surface area contributed by atoms with Crippen molar-refractivity contribution < 1.29 is 16.8 Å². The minimum absolute atomic E-state index is 0.0496. The topological polar surface area (TPSA) is 83.5 Å². The van der Waals surface area contributed by atoms with Crippen LogP contribution < -0.4 is 4.72 Å². The lowest BCUT2D eigenvalue weighted by molar-refractivity contribution is 0.204. The highest BCUT2D eigenvalue weighted by Gasteiger charge is 2.35. The van der Waals surface area contributed by atoms with Gasteiger partial charge in [-0.15, -0.1) is 0 Å². The fraction of sp³-hybridized carbons (Fsp3) is 0.429. The monoisotopic (exact) mass is 436 g/mol. The lowest BCUT2D eigenvalue weighted by atomic mass is 10.0. The molecule has 2 aromatic rings. The molecule has 2 aromatic carbocycles. The number of aryl methyl sites for hydroxylation is 2. The van der Waals surface area contributed by atoms with Crippen LogP contribution in [0.1, 0.15) is 44.2 Å². The summed E-state index contributed by atoms with van der Waals surface area (Å²) in [5, 5.41) is 0. The molecule has 0 aromatic heterocycles. The van der Waals surface area contributed by atoms with Gasteiger partial charge < -0.3 is 0 Å². The van der Waals surface area contributed by atoms with Crippen LogP contribution in [0, 0.1) is 13.8 Å². The van der Waals surface area contributed by atoms with E-state index in [9.17, 15) is 16.8 Å². The molecule has 158 valence electrons. The first-order valence-electron chi connectivity index (χ1n) is 9.76. The molecule has 0 amide bonds. The number of nitrogens with zero attached hydrogens (tertiary/aromatic N) is 1. The van der Waals surface area contributed by atoms with E-state index in [0.717, 1.165) is 24.8 Å². The van der Waals surface area contributed by atoms with Crippen molar-refractivity contribution in [2.75, 3.05) is 4.72 Å². The zero-order valence-corrected chi connectivity index (χ0v) is 18.8. The van der Waals surface area contributed by atoms with Gasteiger partial charge >= 0.3 is 0 Å². The summed E-state index contributed by atoms with van der Waals surface area (Å²) in [4.78, 5) is 0.378. The predicted octanol–water partition coefficient (Wildman–Crippen LogP) is 4.06. The average Bonchev–Trinajstić information content (AvgIpc) is 2.61. The maximum absolute atomic E-state index is 13.1. The molecule has 1 aliphatic heterocycles. The second-order valence-electron chi connectivity index (χ2n) is 7.86. The van der Waals surface area contributed by atoms with Gasteiger partial charge in [0.05, 0.1) is 9.79 Å². The Balaban J connectivity index is 1.85. The van der Waals surface area contributed by atoms with Crippen LogP contribution >= 0.6 is 0 Å². The third-order valence-electron chi connectivity index (χ3n) is 5.41. The normalized spacial score (nSPS) is 21.1. The second-order valence-corrected chi connectivity index (χ2v) is 11.4. The van der Waals surface area contributed by atoms with E-state index in [1.807, 2.05) is 26.8 Å². The SMILES string of the molecule is Cc1ccc(S(=O)(=O)Nc2ccc(S(=O)(=O)N3C(C)CCCC3C)cc2)c(C)c1. The van der Waals surface area contributed by atoms with Crippen molar-refractivity contribution in [3.8, 4) is 0 Å². The van der Waals surface area contributed by atoms with Gasteiger partial charge in [0.25, 0.3) is 10.0 Å². The molecule has 0 spiro atoms. The lowest BCUT2D eigenvalue weighted by Gasteiger charge is -2.37. The molecule has 3 rings (SSSR count). The van der Waals surface area contributed by atoms with E-state index in [2.05, 4.69) is 4.72 Å². The Labute approximate surface area is 174 Å². The summed E-state index contributed by atoms with van der Waals surface area (Å²) >= 11 is 0. The molecule has 2 unspecified atom stereocenters. The second kappa shape index (κ2) is 8.08. The summed E-state index contributed by atoms with van der Waals surface area (Å²) in [6.45, 7) is 7.51. The van der Waals surface area contributed by atoms with Crippen LogP contribution in [-0.4, -0.2) is 33.2 Å². The maximum Gasteiger partial charge on any atom is 0.262 e. The molecule has 2 atom stereocenters. The number of benzene rings is 2. The number of piperidine rings is 1. The van der Waals surface area contributed by atoms with Gasteiger partial charge in [-0.05, 0) is 76.4 Å². The van der Waals surface area contributed by atoms with Gasteiger partial charge in [-0.1, -0.05) is 24.1 Å². The van der Waals surface area contributed by atoms with Crippen LogP contribution in [0.5, 0.6) is 0 Å². The van der Waals surface area contributed by atoms with Crippen LogP contribution in [0.3, 0.4) is 0 Å². The zero-order valence-electron chi connectivity index (χ0n) is 17.2. The minimum Gasteiger partial charge on any atom is -0.280 e. The summed E-state index contributed by atoms with van der Waals surface area (Å²) in [5.74, 6) is 0. The van der Waals surface area contributed by atoms with Crippen molar-refractivity contribution in [2.24, 2.45) is 0 Å². The number of sulfonamides is 2. The molecule has 0 saturated carbocycles. The fourth-order valence-electron chi connectivity index (χ4n) is 4.00. The molecule has 1 aliphatic rings. The lowest BCUT2D eigenvalue weighted by Crippen LogP contribution is -2.47. The molecule has 6 nitrogen and oxygen atoms in total. The van der Waals surface area contributed by atoms with Crippen molar-refractivity contribution in [2.45, 2.75) is 68.8 Å². The molecular weight excluding hydrogens is 408 g/mol. The number of hydrogen-bond donors (Lipinski definition) is 1. The van der Waals surface area contributed by atoms with E-state index in [4.69, 9.17) is 0 Å². The van der Waals surface area contributed by atoms with Crippen LogP contribution in [0.4, 0.5) is 5.69 Å². The van der Waals surface area contributed by atoms with Gasteiger partial charge in [0, 0.05) is 17.8 Å².